The summed E-state index contributed by atoms with van der Waals surface area (Å²) in [5, 5.41) is 3.42. The third kappa shape index (κ3) is 4.06. The van der Waals surface area contributed by atoms with Crippen LogP contribution in [0, 0.1) is 0 Å². The van der Waals surface area contributed by atoms with Crippen LogP contribution in [0.2, 0.25) is 0 Å². The van der Waals surface area contributed by atoms with Gasteiger partial charge in [0.25, 0.3) is 0 Å². The molecule has 21 heavy (non-hydrogen) atoms. The van der Waals surface area contributed by atoms with Gasteiger partial charge in [-0.2, -0.15) is 0 Å². The molecule has 1 N–H and O–H groups in total. The lowest BCUT2D eigenvalue weighted by atomic mass is 10.1. The second kappa shape index (κ2) is 6.74. The molecule has 1 fully saturated rings. The summed E-state index contributed by atoms with van der Waals surface area (Å²) >= 11 is 0. The van der Waals surface area contributed by atoms with E-state index >= 15 is 0 Å². The molecule has 0 atom stereocenters. The molecule has 1 aliphatic heterocycles. The van der Waals surface area contributed by atoms with E-state index in [1.165, 1.54) is 31.7 Å². The van der Waals surface area contributed by atoms with Gasteiger partial charge in [-0.3, -0.25) is 4.90 Å². The Morgan fingerprint density at radius 2 is 1.43 bits per heavy atom. The fraction of sp³-hybridized carbons (Fsp3) is 0.333. The van der Waals surface area contributed by atoms with Gasteiger partial charge < -0.3 is 10.2 Å². The lowest BCUT2D eigenvalue weighted by Gasteiger charge is -2.32. The van der Waals surface area contributed by atoms with Crippen LogP contribution in [0.1, 0.15) is 5.56 Å². The van der Waals surface area contributed by atoms with Crippen LogP contribution in [0.5, 0.6) is 0 Å². The molecule has 110 valence electrons. The van der Waals surface area contributed by atoms with Crippen molar-refractivity contribution in [1.29, 1.82) is 0 Å². The van der Waals surface area contributed by atoms with Crippen LogP contribution in [0.15, 0.2) is 54.6 Å². The number of likely N-dealkylation sites (N-methyl/N-ethyl adjacent to an activating group) is 1. The van der Waals surface area contributed by atoms with E-state index < -0.39 is 0 Å². The van der Waals surface area contributed by atoms with Gasteiger partial charge in [0.2, 0.25) is 0 Å². The van der Waals surface area contributed by atoms with Crippen molar-refractivity contribution in [2.75, 3.05) is 38.5 Å². The van der Waals surface area contributed by atoms with Gasteiger partial charge in [-0.1, -0.05) is 30.3 Å². The van der Waals surface area contributed by atoms with Gasteiger partial charge in [0.1, 0.15) is 0 Å². The smallest absolute Gasteiger partial charge is 0.0384 e. The van der Waals surface area contributed by atoms with Gasteiger partial charge in [0.15, 0.2) is 0 Å². The fourth-order valence-electron chi connectivity index (χ4n) is 2.65. The van der Waals surface area contributed by atoms with E-state index in [1.807, 2.05) is 18.2 Å². The van der Waals surface area contributed by atoms with Crippen LogP contribution in [0.25, 0.3) is 0 Å². The molecule has 0 unspecified atom stereocenters. The normalized spacial score (nSPS) is 16.8. The molecule has 3 rings (SSSR count). The average Bonchev–Trinajstić information content (AvgIpc) is 2.53. The highest BCUT2D eigenvalue weighted by Gasteiger charge is 2.13. The lowest BCUT2D eigenvalue weighted by Crippen LogP contribution is -2.43. The zero-order valence-electron chi connectivity index (χ0n) is 12.6. The van der Waals surface area contributed by atoms with Crippen molar-refractivity contribution in [2.24, 2.45) is 0 Å². The molecular weight excluding hydrogens is 258 g/mol. The summed E-state index contributed by atoms with van der Waals surface area (Å²) in [5.41, 5.74) is 3.66. The van der Waals surface area contributed by atoms with Crippen LogP contribution in [-0.4, -0.2) is 43.0 Å². The number of para-hydroxylation sites is 1. The zero-order chi connectivity index (χ0) is 14.5. The molecule has 0 radical (unpaired) electrons. The first-order valence-electron chi connectivity index (χ1n) is 7.61. The summed E-state index contributed by atoms with van der Waals surface area (Å²) in [6.07, 6.45) is 0. The number of anilines is 2. The zero-order valence-corrected chi connectivity index (χ0v) is 12.6. The van der Waals surface area contributed by atoms with Gasteiger partial charge in [-0.15, -0.1) is 0 Å². The summed E-state index contributed by atoms with van der Waals surface area (Å²) in [5.74, 6) is 0. The molecule has 0 bridgehead atoms. The van der Waals surface area contributed by atoms with E-state index in [2.05, 4.69) is 58.6 Å². The van der Waals surface area contributed by atoms with Crippen molar-refractivity contribution in [1.82, 2.24) is 9.80 Å². The van der Waals surface area contributed by atoms with E-state index in [9.17, 15) is 0 Å². The maximum atomic E-state index is 3.42. The first-order chi connectivity index (χ1) is 10.3. The molecular formula is C18H23N3. The SMILES string of the molecule is CN1CCN(Cc2ccc(Nc3ccccc3)cc2)CC1. The third-order valence-corrected chi connectivity index (χ3v) is 4.02. The molecule has 0 saturated carbocycles. The van der Waals surface area contributed by atoms with Crippen molar-refractivity contribution in [3.05, 3.63) is 60.2 Å². The van der Waals surface area contributed by atoms with E-state index in [0.717, 1.165) is 17.9 Å². The quantitative estimate of drug-likeness (QED) is 0.928. The highest BCUT2D eigenvalue weighted by Crippen LogP contribution is 2.17. The van der Waals surface area contributed by atoms with Gasteiger partial charge in [-0.25, -0.2) is 0 Å². The topological polar surface area (TPSA) is 18.5 Å². The maximum Gasteiger partial charge on any atom is 0.0384 e. The molecule has 1 aliphatic rings. The molecule has 0 aliphatic carbocycles. The van der Waals surface area contributed by atoms with Crippen LogP contribution >= 0.6 is 0 Å². The Morgan fingerprint density at radius 3 is 2.10 bits per heavy atom. The second-order valence-electron chi connectivity index (χ2n) is 5.77. The van der Waals surface area contributed by atoms with Crippen molar-refractivity contribution >= 4 is 11.4 Å². The Morgan fingerprint density at radius 1 is 0.810 bits per heavy atom. The van der Waals surface area contributed by atoms with Crippen molar-refractivity contribution in [3.63, 3.8) is 0 Å². The molecule has 1 saturated heterocycles. The van der Waals surface area contributed by atoms with E-state index in [0.29, 0.717) is 0 Å². The summed E-state index contributed by atoms with van der Waals surface area (Å²) in [6.45, 7) is 5.74. The Bertz CT molecular complexity index is 542. The largest absolute Gasteiger partial charge is 0.356 e. The number of nitrogens with one attached hydrogen (secondary N) is 1. The van der Waals surface area contributed by atoms with E-state index in [4.69, 9.17) is 0 Å². The molecule has 0 spiro atoms. The van der Waals surface area contributed by atoms with E-state index in [-0.39, 0.29) is 0 Å². The van der Waals surface area contributed by atoms with Gasteiger partial charge in [0, 0.05) is 44.1 Å². The fourth-order valence-corrected chi connectivity index (χ4v) is 2.65. The molecule has 0 amide bonds. The Kier molecular flexibility index (Phi) is 4.53. The Labute approximate surface area is 127 Å². The predicted molar refractivity (Wildman–Crippen MR) is 88.9 cm³/mol. The van der Waals surface area contributed by atoms with Gasteiger partial charge >= 0.3 is 0 Å². The first-order valence-corrected chi connectivity index (χ1v) is 7.61. The number of hydrogen-bond donors (Lipinski definition) is 1. The van der Waals surface area contributed by atoms with Crippen LogP contribution in [0.3, 0.4) is 0 Å². The summed E-state index contributed by atoms with van der Waals surface area (Å²) < 4.78 is 0. The first kappa shape index (κ1) is 14.1. The molecule has 3 nitrogen and oxygen atoms in total. The summed E-state index contributed by atoms with van der Waals surface area (Å²) in [6, 6.07) is 19.1. The van der Waals surface area contributed by atoms with Crippen LogP contribution in [0.4, 0.5) is 11.4 Å². The highest BCUT2D eigenvalue weighted by atomic mass is 15.2. The maximum absolute atomic E-state index is 3.42. The third-order valence-electron chi connectivity index (χ3n) is 4.02. The van der Waals surface area contributed by atoms with Crippen molar-refractivity contribution < 1.29 is 0 Å². The minimum atomic E-state index is 1.06. The average molecular weight is 281 g/mol. The molecule has 3 heteroatoms. The van der Waals surface area contributed by atoms with Crippen molar-refractivity contribution in [3.8, 4) is 0 Å². The van der Waals surface area contributed by atoms with Gasteiger partial charge in [0.05, 0.1) is 0 Å². The molecule has 0 aromatic heterocycles. The minimum Gasteiger partial charge on any atom is -0.356 e. The molecule has 2 aromatic carbocycles. The monoisotopic (exact) mass is 281 g/mol. The van der Waals surface area contributed by atoms with Gasteiger partial charge in [-0.05, 0) is 36.9 Å². The van der Waals surface area contributed by atoms with Crippen LogP contribution < -0.4 is 5.32 Å². The minimum absolute atomic E-state index is 1.06. The Balaban J connectivity index is 1.57. The number of piperazine rings is 1. The van der Waals surface area contributed by atoms with Crippen LogP contribution in [-0.2, 0) is 6.54 Å². The van der Waals surface area contributed by atoms with Crippen molar-refractivity contribution in [2.45, 2.75) is 6.54 Å². The predicted octanol–water partition coefficient (Wildman–Crippen LogP) is 3.18. The number of benzene rings is 2. The number of hydrogen-bond acceptors (Lipinski definition) is 3. The summed E-state index contributed by atoms with van der Waals surface area (Å²) in [7, 11) is 2.20. The number of nitrogens with zero attached hydrogens (tertiary/aromatic N) is 2. The standard InChI is InChI=1S/C18H23N3/c1-20-11-13-21(14-12-20)15-16-7-9-18(10-8-16)19-17-5-3-2-4-6-17/h2-10,19H,11-15H2,1H3. The lowest BCUT2D eigenvalue weighted by molar-refractivity contribution is 0.148. The van der Waals surface area contributed by atoms with E-state index in [1.54, 1.807) is 0 Å². The number of rotatable bonds is 4. The highest BCUT2D eigenvalue weighted by molar-refractivity contribution is 5.59. The molecule has 2 aromatic rings. The second-order valence-corrected chi connectivity index (χ2v) is 5.77. The molecule has 1 heterocycles. The summed E-state index contributed by atoms with van der Waals surface area (Å²) in [4.78, 5) is 4.92. The Hall–Kier alpha value is -1.84.